The number of morpholine rings is 1. The lowest BCUT2D eigenvalue weighted by Gasteiger charge is -2.37. The molecule has 3 aliphatic heterocycles. The van der Waals surface area contributed by atoms with Crippen molar-refractivity contribution in [3.63, 3.8) is 0 Å². The Labute approximate surface area is 266 Å². The number of aromatic nitrogens is 1. The third-order valence-electron chi connectivity index (χ3n) is 8.81. The van der Waals surface area contributed by atoms with E-state index in [-0.39, 0.29) is 42.2 Å². The minimum atomic E-state index is -0.184. The maximum absolute atomic E-state index is 13.8. The molecule has 0 spiro atoms. The Morgan fingerprint density at radius 3 is 2.27 bits per heavy atom. The van der Waals surface area contributed by atoms with Gasteiger partial charge in [0.15, 0.2) is 5.69 Å². The number of rotatable bonds is 11. The first-order valence-corrected chi connectivity index (χ1v) is 16.4. The van der Waals surface area contributed by atoms with E-state index >= 15 is 0 Å². The number of esters is 1. The first-order valence-electron chi connectivity index (χ1n) is 16.4. The average Bonchev–Trinajstić information content (AvgIpc) is 3.06. The third kappa shape index (κ3) is 9.32. The highest BCUT2D eigenvalue weighted by Crippen LogP contribution is 2.28. The van der Waals surface area contributed by atoms with Crippen LogP contribution in [0.4, 0.5) is 5.69 Å². The number of anilines is 1. The van der Waals surface area contributed by atoms with Gasteiger partial charge in [0.05, 0.1) is 50.8 Å². The van der Waals surface area contributed by atoms with Crippen molar-refractivity contribution in [1.82, 2.24) is 19.7 Å². The monoisotopic (exact) mass is 621 g/mol. The van der Waals surface area contributed by atoms with Crippen LogP contribution in [-0.4, -0.2) is 122 Å². The van der Waals surface area contributed by atoms with Crippen molar-refractivity contribution in [2.45, 2.75) is 58.2 Å². The fourth-order valence-electron chi connectivity index (χ4n) is 6.22. The van der Waals surface area contributed by atoms with Crippen molar-refractivity contribution < 1.29 is 28.6 Å². The van der Waals surface area contributed by atoms with Crippen molar-refractivity contribution in [2.24, 2.45) is 0 Å². The number of nitrogens with one attached hydrogen (secondary N) is 1. The number of pyridine rings is 1. The Morgan fingerprint density at radius 1 is 0.889 bits per heavy atom. The second kappa shape index (κ2) is 16.3. The average molecular weight is 622 g/mol. The van der Waals surface area contributed by atoms with Gasteiger partial charge in [0.2, 0.25) is 5.91 Å². The molecule has 2 amide bonds. The van der Waals surface area contributed by atoms with Crippen LogP contribution in [-0.2, 0) is 30.2 Å². The van der Waals surface area contributed by atoms with Crippen LogP contribution in [0.25, 0.3) is 11.1 Å². The Kier molecular flexibility index (Phi) is 11.9. The molecule has 1 aromatic carbocycles. The molecule has 11 heteroatoms. The van der Waals surface area contributed by atoms with Gasteiger partial charge in [0.25, 0.3) is 5.91 Å². The zero-order valence-corrected chi connectivity index (χ0v) is 26.7. The lowest BCUT2D eigenvalue weighted by Crippen LogP contribution is -2.45. The largest absolute Gasteiger partial charge is 0.465 e. The standard InChI is InChI=1S/C34H47N5O6/c1-3-25-6-5-7-26(20-25)27-21-30(36-31(40)23-38-16-18-43-19-17-38)33(35-22-27)34(42)39-14-10-29(11-15-39)45-28-8-12-37(13-9-28)24-32(41)44-4-2/h5-7,20-22,28-29H,3-4,8-19,23-24H2,1-2H3,(H,36,40). The predicted octanol–water partition coefficient (Wildman–Crippen LogP) is 3.23. The van der Waals surface area contributed by atoms with Gasteiger partial charge >= 0.3 is 5.97 Å². The summed E-state index contributed by atoms with van der Waals surface area (Å²) in [6, 6.07) is 10.1. The molecule has 0 bridgehead atoms. The number of hydrogen-bond donors (Lipinski definition) is 1. The van der Waals surface area contributed by atoms with Crippen LogP contribution in [0.2, 0.25) is 0 Å². The number of likely N-dealkylation sites (tertiary alicyclic amines) is 2. The molecule has 0 saturated carbocycles. The van der Waals surface area contributed by atoms with Crippen LogP contribution < -0.4 is 5.32 Å². The molecule has 3 fully saturated rings. The summed E-state index contributed by atoms with van der Waals surface area (Å²) in [7, 11) is 0. The van der Waals surface area contributed by atoms with E-state index in [0.29, 0.717) is 58.2 Å². The van der Waals surface area contributed by atoms with E-state index in [4.69, 9.17) is 14.2 Å². The summed E-state index contributed by atoms with van der Waals surface area (Å²) in [6.07, 6.45) is 6.13. The van der Waals surface area contributed by atoms with E-state index in [0.717, 1.165) is 56.3 Å². The van der Waals surface area contributed by atoms with E-state index in [9.17, 15) is 14.4 Å². The fraction of sp³-hybridized carbons (Fsp3) is 0.588. The summed E-state index contributed by atoms with van der Waals surface area (Å²) in [6.45, 7) is 10.3. The molecule has 3 aliphatic rings. The molecule has 1 N–H and O–H groups in total. The molecule has 0 atom stereocenters. The van der Waals surface area contributed by atoms with Crippen LogP contribution in [0.15, 0.2) is 36.5 Å². The zero-order chi connectivity index (χ0) is 31.6. The molecular weight excluding hydrogens is 574 g/mol. The van der Waals surface area contributed by atoms with E-state index in [1.165, 1.54) is 5.56 Å². The van der Waals surface area contributed by atoms with Gasteiger partial charge in [-0.2, -0.15) is 0 Å². The summed E-state index contributed by atoms with van der Waals surface area (Å²) in [5.74, 6) is -0.535. The van der Waals surface area contributed by atoms with Gasteiger partial charge in [-0.25, -0.2) is 4.98 Å². The first kappa shape index (κ1) is 33.0. The number of hydrogen-bond acceptors (Lipinski definition) is 9. The molecule has 3 saturated heterocycles. The highest BCUT2D eigenvalue weighted by atomic mass is 16.5. The Hall–Kier alpha value is -3.38. The first-order chi connectivity index (χ1) is 21.9. The molecular formula is C34H47N5O6. The van der Waals surface area contributed by atoms with Gasteiger partial charge in [-0.15, -0.1) is 0 Å². The highest BCUT2D eigenvalue weighted by molar-refractivity contribution is 6.03. The van der Waals surface area contributed by atoms with E-state index in [1.807, 2.05) is 30.0 Å². The molecule has 4 heterocycles. The molecule has 0 aliphatic carbocycles. The van der Waals surface area contributed by atoms with E-state index in [1.54, 1.807) is 6.20 Å². The summed E-state index contributed by atoms with van der Waals surface area (Å²) in [4.78, 5) is 49.4. The van der Waals surface area contributed by atoms with Crippen molar-refractivity contribution in [2.75, 3.05) is 77.5 Å². The van der Waals surface area contributed by atoms with Crippen molar-refractivity contribution in [3.8, 4) is 11.1 Å². The van der Waals surface area contributed by atoms with Gasteiger partial charge in [-0.1, -0.05) is 31.2 Å². The summed E-state index contributed by atoms with van der Waals surface area (Å²) in [5, 5.41) is 3.01. The molecule has 5 rings (SSSR count). The van der Waals surface area contributed by atoms with Crippen LogP contribution in [0.3, 0.4) is 0 Å². The maximum Gasteiger partial charge on any atom is 0.320 e. The van der Waals surface area contributed by atoms with Gasteiger partial charge < -0.3 is 24.4 Å². The van der Waals surface area contributed by atoms with E-state index < -0.39 is 0 Å². The smallest absolute Gasteiger partial charge is 0.320 e. The minimum absolute atomic E-state index is 0.0875. The highest BCUT2D eigenvalue weighted by Gasteiger charge is 2.30. The molecule has 11 nitrogen and oxygen atoms in total. The number of piperidine rings is 2. The molecule has 45 heavy (non-hydrogen) atoms. The Bertz CT molecular complexity index is 1300. The molecule has 244 valence electrons. The van der Waals surface area contributed by atoms with Crippen LogP contribution in [0.5, 0.6) is 0 Å². The van der Waals surface area contributed by atoms with Crippen LogP contribution >= 0.6 is 0 Å². The summed E-state index contributed by atoms with van der Waals surface area (Å²) in [5.41, 5.74) is 3.75. The topological polar surface area (TPSA) is 114 Å². The molecule has 0 unspecified atom stereocenters. The number of ether oxygens (including phenoxy) is 3. The van der Waals surface area contributed by atoms with E-state index in [2.05, 4.69) is 39.2 Å². The van der Waals surface area contributed by atoms with Gasteiger partial charge in [-0.05, 0) is 56.2 Å². The second-order valence-electron chi connectivity index (χ2n) is 12.0. The molecule has 1 aromatic heterocycles. The number of nitrogens with zero attached hydrogens (tertiary/aromatic N) is 4. The minimum Gasteiger partial charge on any atom is -0.465 e. The van der Waals surface area contributed by atoms with Crippen molar-refractivity contribution in [3.05, 3.63) is 47.8 Å². The van der Waals surface area contributed by atoms with Gasteiger partial charge in [0, 0.05) is 51.0 Å². The zero-order valence-electron chi connectivity index (χ0n) is 26.7. The number of benzene rings is 1. The van der Waals surface area contributed by atoms with Crippen molar-refractivity contribution in [1.29, 1.82) is 0 Å². The van der Waals surface area contributed by atoms with Crippen LogP contribution in [0.1, 0.15) is 55.6 Å². The fourth-order valence-corrected chi connectivity index (χ4v) is 6.22. The SMILES string of the molecule is CCOC(=O)CN1CCC(OC2CCN(C(=O)c3ncc(-c4cccc(CC)c4)cc3NC(=O)CN3CCOCC3)CC2)CC1. The normalized spacial score (nSPS) is 18.9. The number of carbonyl (C=O) groups is 3. The van der Waals surface area contributed by atoms with Crippen LogP contribution in [0, 0.1) is 0 Å². The molecule has 0 radical (unpaired) electrons. The second-order valence-corrected chi connectivity index (χ2v) is 12.0. The molecule has 2 aromatic rings. The lowest BCUT2D eigenvalue weighted by atomic mass is 10.0. The quantitative estimate of drug-likeness (QED) is 0.378. The number of aryl methyl sites for hydroxylation is 1. The predicted molar refractivity (Wildman–Crippen MR) is 171 cm³/mol. The third-order valence-corrected chi connectivity index (χ3v) is 8.81. The lowest BCUT2D eigenvalue weighted by molar-refractivity contribution is -0.145. The summed E-state index contributed by atoms with van der Waals surface area (Å²) < 4.78 is 16.9. The number of carbonyl (C=O) groups excluding carboxylic acids is 3. The number of amides is 2. The maximum atomic E-state index is 13.8. The Balaban J connectivity index is 1.20. The van der Waals surface area contributed by atoms with Gasteiger partial charge in [0.1, 0.15) is 0 Å². The summed E-state index contributed by atoms with van der Waals surface area (Å²) >= 11 is 0. The van der Waals surface area contributed by atoms with Crippen molar-refractivity contribution >= 4 is 23.5 Å². The van der Waals surface area contributed by atoms with Gasteiger partial charge in [-0.3, -0.25) is 24.2 Å². The Morgan fingerprint density at radius 2 is 1.58 bits per heavy atom.